The average Bonchev–Trinajstić information content (AvgIpc) is 2.87. The van der Waals surface area contributed by atoms with Crippen LogP contribution in [0.4, 0.5) is 0 Å². The van der Waals surface area contributed by atoms with E-state index in [9.17, 15) is 0 Å². The van der Waals surface area contributed by atoms with Crippen LogP contribution in [0.1, 0.15) is 30.2 Å². The van der Waals surface area contributed by atoms with E-state index in [2.05, 4.69) is 16.3 Å². The van der Waals surface area contributed by atoms with Crippen molar-refractivity contribution in [2.24, 2.45) is 0 Å². The largest absolute Gasteiger partial charge is 0.467 e. The Labute approximate surface area is 103 Å². The maximum absolute atomic E-state index is 5.59. The fraction of sp³-hybridized carbons (Fsp3) is 0.667. The zero-order valence-corrected chi connectivity index (χ0v) is 10.3. The topological polar surface area (TPSA) is 28.4 Å². The molecule has 1 saturated heterocycles. The predicted molar refractivity (Wildman–Crippen MR) is 66.1 cm³/mol. The van der Waals surface area contributed by atoms with Crippen molar-refractivity contribution in [1.29, 1.82) is 0 Å². The van der Waals surface area contributed by atoms with Gasteiger partial charge in [-0.15, -0.1) is 12.4 Å². The summed E-state index contributed by atoms with van der Waals surface area (Å²) in [5.74, 6) is 1.17. The standard InChI is InChI=1S/C12H18N2O.ClH/c1-2-7-14(6-1)9-11-12-10(3-5-13-11)4-8-15-12;/h4,8,11,13H,1-3,5-7,9H2;1H. The lowest BCUT2D eigenvalue weighted by molar-refractivity contribution is 0.264. The molecule has 0 aromatic carbocycles. The molecule has 1 atom stereocenters. The van der Waals surface area contributed by atoms with Crippen LogP contribution in [0.3, 0.4) is 0 Å². The van der Waals surface area contributed by atoms with Gasteiger partial charge in [-0.2, -0.15) is 0 Å². The molecule has 3 heterocycles. The summed E-state index contributed by atoms with van der Waals surface area (Å²) >= 11 is 0. The molecule has 1 N–H and O–H groups in total. The molecule has 16 heavy (non-hydrogen) atoms. The first-order valence-electron chi connectivity index (χ1n) is 5.95. The Bertz CT molecular complexity index is 334. The van der Waals surface area contributed by atoms with Gasteiger partial charge in [0.05, 0.1) is 12.3 Å². The first-order chi connectivity index (χ1) is 7.43. The van der Waals surface area contributed by atoms with E-state index in [1.807, 2.05) is 6.26 Å². The van der Waals surface area contributed by atoms with Crippen LogP contribution in [0.5, 0.6) is 0 Å². The van der Waals surface area contributed by atoms with Gasteiger partial charge in [0, 0.05) is 13.1 Å². The van der Waals surface area contributed by atoms with E-state index < -0.39 is 0 Å². The summed E-state index contributed by atoms with van der Waals surface area (Å²) in [6.07, 6.45) is 5.66. The first-order valence-corrected chi connectivity index (χ1v) is 5.95. The van der Waals surface area contributed by atoms with Crippen LogP contribution in [0.25, 0.3) is 0 Å². The highest BCUT2D eigenvalue weighted by molar-refractivity contribution is 5.85. The molecule has 1 fully saturated rings. The van der Waals surface area contributed by atoms with Crippen LogP contribution in [0, 0.1) is 0 Å². The maximum Gasteiger partial charge on any atom is 0.125 e. The van der Waals surface area contributed by atoms with E-state index in [-0.39, 0.29) is 12.4 Å². The van der Waals surface area contributed by atoms with Crippen molar-refractivity contribution in [2.45, 2.75) is 25.3 Å². The molecule has 0 amide bonds. The second-order valence-corrected chi connectivity index (χ2v) is 4.57. The fourth-order valence-corrected chi connectivity index (χ4v) is 2.70. The SMILES string of the molecule is Cl.c1cc2c(o1)C(CN1CCCC1)NCC2. The molecule has 0 bridgehead atoms. The third-order valence-corrected chi connectivity index (χ3v) is 3.52. The second-order valence-electron chi connectivity index (χ2n) is 4.57. The fourth-order valence-electron chi connectivity index (χ4n) is 2.70. The van der Waals surface area contributed by atoms with Crippen molar-refractivity contribution in [3.63, 3.8) is 0 Å². The summed E-state index contributed by atoms with van der Waals surface area (Å²) in [6.45, 7) is 4.72. The van der Waals surface area contributed by atoms with Crippen LogP contribution in [0.2, 0.25) is 0 Å². The lowest BCUT2D eigenvalue weighted by Crippen LogP contribution is -2.37. The molecule has 1 aromatic rings. The minimum absolute atomic E-state index is 0. The molecule has 2 aliphatic heterocycles. The van der Waals surface area contributed by atoms with Gasteiger partial charge in [-0.1, -0.05) is 0 Å². The number of nitrogens with one attached hydrogen (secondary N) is 1. The Morgan fingerprint density at radius 2 is 2.19 bits per heavy atom. The number of halogens is 1. The molecule has 0 radical (unpaired) electrons. The van der Waals surface area contributed by atoms with Crippen molar-refractivity contribution in [1.82, 2.24) is 10.2 Å². The number of rotatable bonds is 2. The molecular weight excluding hydrogens is 224 g/mol. The van der Waals surface area contributed by atoms with E-state index in [0.29, 0.717) is 6.04 Å². The van der Waals surface area contributed by atoms with Gasteiger partial charge in [0.2, 0.25) is 0 Å². The van der Waals surface area contributed by atoms with Crippen LogP contribution >= 0.6 is 12.4 Å². The molecule has 0 spiro atoms. The minimum atomic E-state index is 0. The van der Waals surface area contributed by atoms with E-state index >= 15 is 0 Å². The molecule has 4 heteroatoms. The number of hydrogen-bond donors (Lipinski definition) is 1. The second kappa shape index (κ2) is 5.21. The summed E-state index contributed by atoms with van der Waals surface area (Å²) in [5, 5.41) is 3.55. The molecule has 0 aliphatic carbocycles. The Morgan fingerprint density at radius 3 is 3.00 bits per heavy atom. The van der Waals surface area contributed by atoms with Crippen LogP contribution in [-0.2, 0) is 6.42 Å². The summed E-state index contributed by atoms with van der Waals surface area (Å²) < 4.78 is 5.59. The van der Waals surface area contributed by atoms with Crippen LogP contribution in [0.15, 0.2) is 16.7 Å². The Kier molecular flexibility index (Phi) is 3.90. The van der Waals surface area contributed by atoms with Gasteiger partial charge in [-0.3, -0.25) is 0 Å². The van der Waals surface area contributed by atoms with Crippen molar-refractivity contribution in [2.75, 3.05) is 26.2 Å². The van der Waals surface area contributed by atoms with E-state index in [4.69, 9.17) is 4.42 Å². The lowest BCUT2D eigenvalue weighted by Gasteiger charge is -2.26. The zero-order valence-electron chi connectivity index (χ0n) is 9.45. The highest BCUT2D eigenvalue weighted by Crippen LogP contribution is 2.25. The van der Waals surface area contributed by atoms with Gasteiger partial charge in [-0.25, -0.2) is 0 Å². The van der Waals surface area contributed by atoms with Crippen molar-refractivity contribution >= 4 is 12.4 Å². The van der Waals surface area contributed by atoms with E-state index in [0.717, 1.165) is 19.5 Å². The van der Waals surface area contributed by atoms with Crippen molar-refractivity contribution in [3.8, 4) is 0 Å². The minimum Gasteiger partial charge on any atom is -0.467 e. The van der Waals surface area contributed by atoms with Gasteiger partial charge >= 0.3 is 0 Å². The Balaban J connectivity index is 0.000000963. The molecule has 0 saturated carbocycles. The molecule has 2 aliphatic rings. The first kappa shape index (κ1) is 12.0. The third kappa shape index (κ3) is 2.26. The van der Waals surface area contributed by atoms with Gasteiger partial charge < -0.3 is 14.6 Å². The predicted octanol–water partition coefficient (Wildman–Crippen LogP) is 1.98. The van der Waals surface area contributed by atoms with Gasteiger partial charge in [-0.05, 0) is 44.0 Å². The summed E-state index contributed by atoms with van der Waals surface area (Å²) in [6, 6.07) is 2.54. The molecule has 1 aromatic heterocycles. The third-order valence-electron chi connectivity index (χ3n) is 3.52. The number of hydrogen-bond acceptors (Lipinski definition) is 3. The van der Waals surface area contributed by atoms with Crippen LogP contribution < -0.4 is 5.32 Å². The average molecular weight is 243 g/mol. The quantitative estimate of drug-likeness (QED) is 0.860. The van der Waals surface area contributed by atoms with E-state index in [1.54, 1.807) is 0 Å². The Hall–Kier alpha value is -0.510. The number of furan rings is 1. The lowest BCUT2D eigenvalue weighted by atomic mass is 10.0. The maximum atomic E-state index is 5.59. The summed E-state index contributed by atoms with van der Waals surface area (Å²) in [4.78, 5) is 2.54. The zero-order chi connectivity index (χ0) is 10.1. The molecular formula is C12H19ClN2O. The van der Waals surface area contributed by atoms with Gasteiger partial charge in [0.15, 0.2) is 0 Å². The van der Waals surface area contributed by atoms with Gasteiger partial charge in [0.25, 0.3) is 0 Å². The Morgan fingerprint density at radius 1 is 1.38 bits per heavy atom. The smallest absolute Gasteiger partial charge is 0.125 e. The highest BCUT2D eigenvalue weighted by Gasteiger charge is 2.25. The number of nitrogens with zero attached hydrogens (tertiary/aromatic N) is 1. The molecule has 1 unspecified atom stereocenters. The summed E-state index contributed by atoms with van der Waals surface area (Å²) in [7, 11) is 0. The monoisotopic (exact) mass is 242 g/mol. The van der Waals surface area contributed by atoms with Gasteiger partial charge in [0.1, 0.15) is 5.76 Å². The molecule has 3 rings (SSSR count). The summed E-state index contributed by atoms with van der Waals surface area (Å²) in [5.41, 5.74) is 1.40. The van der Waals surface area contributed by atoms with Crippen LogP contribution in [-0.4, -0.2) is 31.1 Å². The molecule has 3 nitrogen and oxygen atoms in total. The normalized spacial score (nSPS) is 25.1. The molecule has 90 valence electrons. The van der Waals surface area contributed by atoms with E-state index in [1.165, 1.54) is 37.3 Å². The van der Waals surface area contributed by atoms with Crippen molar-refractivity contribution in [3.05, 3.63) is 23.7 Å². The number of fused-ring (bicyclic) bond motifs is 1. The van der Waals surface area contributed by atoms with Crippen molar-refractivity contribution < 1.29 is 4.42 Å². The highest BCUT2D eigenvalue weighted by atomic mass is 35.5. The number of likely N-dealkylation sites (tertiary alicyclic amines) is 1.